The predicted molar refractivity (Wildman–Crippen MR) is 131 cm³/mol. The second kappa shape index (κ2) is 8.62. The lowest BCUT2D eigenvalue weighted by Gasteiger charge is -2.26. The van der Waals surface area contributed by atoms with Gasteiger partial charge in [0.2, 0.25) is 0 Å². The molecule has 1 atom stereocenters. The Balaban J connectivity index is 1.57. The highest BCUT2D eigenvalue weighted by atomic mass is 35.5. The Morgan fingerprint density at radius 3 is 2.84 bits per heavy atom. The van der Waals surface area contributed by atoms with Gasteiger partial charge in [-0.25, -0.2) is 0 Å². The largest absolute Gasteiger partial charge is 0.493 e. The molecule has 2 aromatic heterocycles. The zero-order valence-corrected chi connectivity index (χ0v) is 19.4. The molecule has 1 unspecified atom stereocenters. The first-order chi connectivity index (χ1) is 15.6. The Labute approximate surface area is 199 Å². The van der Waals surface area contributed by atoms with E-state index in [9.17, 15) is 4.79 Å². The van der Waals surface area contributed by atoms with Crippen molar-refractivity contribution in [2.75, 3.05) is 19.0 Å². The van der Waals surface area contributed by atoms with Crippen molar-refractivity contribution in [2.24, 2.45) is 0 Å². The van der Waals surface area contributed by atoms with Crippen molar-refractivity contribution in [1.82, 2.24) is 10.3 Å². The van der Waals surface area contributed by atoms with Crippen molar-refractivity contribution in [1.29, 1.82) is 0 Å². The molecule has 0 spiro atoms. The Kier molecular flexibility index (Phi) is 5.67. The third-order valence-electron chi connectivity index (χ3n) is 5.53. The van der Waals surface area contributed by atoms with E-state index in [0.717, 1.165) is 32.6 Å². The lowest BCUT2D eigenvalue weighted by atomic mass is 10.0. The quantitative estimate of drug-likeness (QED) is 0.344. The van der Waals surface area contributed by atoms with E-state index in [1.165, 1.54) is 11.3 Å². The number of para-hydroxylation sites is 1. The number of nitrogens with zero attached hydrogens (tertiary/aromatic N) is 1. The van der Waals surface area contributed by atoms with Crippen molar-refractivity contribution < 1.29 is 9.53 Å². The molecule has 3 heterocycles. The summed E-state index contributed by atoms with van der Waals surface area (Å²) in [4.78, 5) is 18.6. The minimum absolute atomic E-state index is 0.109. The van der Waals surface area contributed by atoms with Crippen molar-refractivity contribution in [3.8, 4) is 17.0 Å². The van der Waals surface area contributed by atoms with Gasteiger partial charge in [-0.1, -0.05) is 53.5 Å². The van der Waals surface area contributed by atoms with E-state index in [1.807, 2.05) is 49.5 Å². The number of benzene rings is 2. The summed E-state index contributed by atoms with van der Waals surface area (Å²) >= 11 is 14.1. The van der Waals surface area contributed by atoms with Gasteiger partial charge in [0.05, 0.1) is 38.8 Å². The topological polar surface area (TPSA) is 63.2 Å². The summed E-state index contributed by atoms with van der Waals surface area (Å²) in [5.41, 5.74) is 3.20. The molecule has 1 amide bonds. The lowest BCUT2D eigenvalue weighted by molar-refractivity contribution is 0.0929. The molecule has 4 aromatic rings. The van der Waals surface area contributed by atoms with Crippen LogP contribution in [0.4, 0.5) is 5.69 Å². The van der Waals surface area contributed by atoms with E-state index >= 15 is 0 Å². The van der Waals surface area contributed by atoms with Gasteiger partial charge in [-0.15, -0.1) is 11.3 Å². The highest BCUT2D eigenvalue weighted by molar-refractivity contribution is 7.22. The van der Waals surface area contributed by atoms with E-state index in [-0.39, 0.29) is 11.9 Å². The van der Waals surface area contributed by atoms with Crippen molar-refractivity contribution >= 4 is 56.2 Å². The molecule has 0 aliphatic carbocycles. The number of carbonyl (C=O) groups is 1. The Hall–Kier alpha value is -2.80. The van der Waals surface area contributed by atoms with Crippen LogP contribution >= 0.6 is 34.5 Å². The number of ether oxygens (including phenoxy) is 1. The van der Waals surface area contributed by atoms with Gasteiger partial charge in [-0.05, 0) is 18.2 Å². The van der Waals surface area contributed by atoms with Crippen LogP contribution in [0.1, 0.15) is 27.7 Å². The van der Waals surface area contributed by atoms with Crippen LogP contribution in [0.5, 0.6) is 5.75 Å². The number of carbonyl (C=O) groups excluding carboxylic acids is 1. The summed E-state index contributed by atoms with van der Waals surface area (Å²) in [6.07, 6.45) is 2.44. The van der Waals surface area contributed by atoms with Gasteiger partial charge in [-0.2, -0.15) is 0 Å². The number of hydrogen-bond donors (Lipinski definition) is 2. The molecule has 0 saturated heterocycles. The van der Waals surface area contributed by atoms with Crippen LogP contribution in [0.25, 0.3) is 21.3 Å². The molecule has 8 heteroatoms. The number of rotatable bonds is 4. The van der Waals surface area contributed by atoms with Crippen LogP contribution in [0.3, 0.4) is 0 Å². The maximum atomic E-state index is 13.4. The monoisotopic (exact) mass is 483 g/mol. The fourth-order valence-corrected chi connectivity index (χ4v) is 5.63. The summed E-state index contributed by atoms with van der Waals surface area (Å²) in [6, 6.07) is 15.1. The minimum Gasteiger partial charge on any atom is -0.493 e. The van der Waals surface area contributed by atoms with Gasteiger partial charge in [0.1, 0.15) is 10.6 Å². The van der Waals surface area contributed by atoms with Gasteiger partial charge in [0, 0.05) is 36.2 Å². The number of nitrogens with one attached hydrogen (secondary N) is 2. The lowest BCUT2D eigenvalue weighted by Crippen LogP contribution is -2.32. The second-order valence-corrected chi connectivity index (χ2v) is 9.20. The molecule has 2 N–H and O–H groups in total. The number of anilines is 1. The van der Waals surface area contributed by atoms with Crippen molar-refractivity contribution in [3.05, 3.63) is 75.2 Å². The number of pyridine rings is 1. The van der Waals surface area contributed by atoms with Gasteiger partial charge >= 0.3 is 0 Å². The first-order valence-electron chi connectivity index (χ1n) is 10.1. The fraction of sp³-hybridized carbons (Fsp3) is 0.167. The van der Waals surface area contributed by atoms with E-state index in [2.05, 4.69) is 15.6 Å². The van der Waals surface area contributed by atoms with Gasteiger partial charge in [-0.3, -0.25) is 9.78 Å². The number of aromatic nitrogens is 1. The zero-order chi connectivity index (χ0) is 22.2. The molecule has 0 saturated carbocycles. The highest BCUT2D eigenvalue weighted by Gasteiger charge is 2.26. The van der Waals surface area contributed by atoms with E-state index in [4.69, 9.17) is 27.9 Å². The third-order valence-corrected chi connectivity index (χ3v) is 7.56. The van der Waals surface area contributed by atoms with Crippen LogP contribution in [0.15, 0.2) is 54.7 Å². The maximum absolute atomic E-state index is 13.4. The van der Waals surface area contributed by atoms with E-state index in [0.29, 0.717) is 33.6 Å². The average Bonchev–Trinajstić information content (AvgIpc) is 3.20. The summed E-state index contributed by atoms with van der Waals surface area (Å²) < 4.78 is 6.60. The maximum Gasteiger partial charge on any atom is 0.264 e. The molecular weight excluding hydrogens is 465 g/mol. The van der Waals surface area contributed by atoms with Crippen molar-refractivity contribution in [3.63, 3.8) is 0 Å². The Morgan fingerprint density at radius 1 is 1.16 bits per heavy atom. The number of fused-ring (bicyclic) bond motifs is 2. The molecule has 5 nitrogen and oxygen atoms in total. The smallest absolute Gasteiger partial charge is 0.264 e. The van der Waals surface area contributed by atoms with Crippen LogP contribution in [0, 0.1) is 0 Å². The average molecular weight is 484 g/mol. The number of amides is 1. The first kappa shape index (κ1) is 21.1. The zero-order valence-electron chi connectivity index (χ0n) is 17.1. The molecule has 5 rings (SSSR count). The molecule has 162 valence electrons. The molecule has 2 aromatic carbocycles. The minimum atomic E-state index is -0.139. The van der Waals surface area contributed by atoms with E-state index in [1.54, 1.807) is 12.3 Å². The molecular formula is C24H19Cl2N3O2S. The summed E-state index contributed by atoms with van der Waals surface area (Å²) in [5.74, 6) is 0.678. The van der Waals surface area contributed by atoms with Crippen LogP contribution in [-0.4, -0.2) is 24.5 Å². The Bertz CT molecular complexity index is 1340. The molecule has 0 bridgehead atoms. The first-order valence-corrected chi connectivity index (χ1v) is 11.7. The van der Waals surface area contributed by atoms with Crippen molar-refractivity contribution in [2.45, 2.75) is 12.5 Å². The molecule has 32 heavy (non-hydrogen) atoms. The highest BCUT2D eigenvalue weighted by Crippen LogP contribution is 2.43. The van der Waals surface area contributed by atoms with Gasteiger partial charge < -0.3 is 15.4 Å². The standard InChI is InChI=1S/C24H19Cl2N3O2S/c1-27-20-15-9-11-28-21(14-6-4-7-16(25)19(14)26)22(15)32-23(20)24(30)29-17-10-12-31-18-8-3-2-5-13(17)18/h2-9,11,17,27H,10,12H2,1H3,(H,29,30). The van der Waals surface area contributed by atoms with Crippen LogP contribution < -0.4 is 15.4 Å². The Morgan fingerprint density at radius 2 is 2.00 bits per heavy atom. The predicted octanol–water partition coefficient (Wildman–Crippen LogP) is 6.57. The number of halogens is 2. The molecule has 1 aliphatic heterocycles. The number of hydrogen-bond acceptors (Lipinski definition) is 5. The SMILES string of the molecule is CNc1c(C(=O)NC2CCOc3ccccc32)sc2c(-c3cccc(Cl)c3Cl)nccc12. The summed E-state index contributed by atoms with van der Waals surface area (Å²) in [6.45, 7) is 0.564. The fourth-order valence-electron chi connectivity index (χ4n) is 4.03. The third kappa shape index (κ3) is 3.58. The molecule has 0 radical (unpaired) electrons. The molecule has 0 fully saturated rings. The van der Waals surface area contributed by atoms with Crippen LogP contribution in [0.2, 0.25) is 10.0 Å². The second-order valence-electron chi connectivity index (χ2n) is 7.39. The van der Waals surface area contributed by atoms with E-state index < -0.39 is 0 Å². The summed E-state index contributed by atoms with van der Waals surface area (Å²) in [7, 11) is 1.81. The normalized spacial score (nSPS) is 15.2. The number of thiophene rings is 1. The summed E-state index contributed by atoms with van der Waals surface area (Å²) in [5, 5.41) is 8.21. The molecule has 1 aliphatic rings. The van der Waals surface area contributed by atoms with Gasteiger partial charge in [0.15, 0.2) is 0 Å². The van der Waals surface area contributed by atoms with Crippen LogP contribution in [-0.2, 0) is 0 Å². The van der Waals surface area contributed by atoms with Gasteiger partial charge in [0.25, 0.3) is 5.91 Å².